The van der Waals surface area contributed by atoms with Crippen molar-refractivity contribution in [2.24, 2.45) is 0 Å². The third-order valence-electron chi connectivity index (χ3n) is 7.08. The minimum Gasteiger partial charge on any atom is -0.465 e. The normalized spacial score (nSPS) is 14.7. The van der Waals surface area contributed by atoms with Crippen LogP contribution in [0.4, 0.5) is 4.79 Å². The number of hydrogen-bond donors (Lipinski definition) is 0. The summed E-state index contributed by atoms with van der Waals surface area (Å²) in [7, 11) is 1.68. The first-order valence-electron chi connectivity index (χ1n) is 15.7. The number of unbranched alkanes of at least 4 members (excludes halogenated alkanes) is 10. The molecule has 1 fully saturated rings. The SMILES string of the molecule is C/C=C\N(C)C(=O)N1CCC1COC(=O)CN(CC(=O)OCCCCCCCC)CC(=O)OCCCCCCCC. The van der Waals surface area contributed by atoms with Gasteiger partial charge in [-0.05, 0) is 26.2 Å². The number of hydrogen-bond acceptors (Lipinski definition) is 8. The van der Waals surface area contributed by atoms with Gasteiger partial charge in [0.2, 0.25) is 0 Å². The van der Waals surface area contributed by atoms with Gasteiger partial charge in [-0.2, -0.15) is 0 Å². The predicted octanol–water partition coefficient (Wildman–Crippen LogP) is 5.30. The number of likely N-dealkylation sites (tertiary alicyclic amines) is 1. The first-order chi connectivity index (χ1) is 19.8. The van der Waals surface area contributed by atoms with Gasteiger partial charge in [-0.3, -0.25) is 19.3 Å². The quantitative estimate of drug-likeness (QED) is 0.0910. The third kappa shape index (κ3) is 17.1. The summed E-state index contributed by atoms with van der Waals surface area (Å²) in [6, 6.07) is -0.351. The van der Waals surface area contributed by atoms with Crippen molar-refractivity contribution in [3.8, 4) is 0 Å². The molecule has 0 spiro atoms. The second-order valence-corrected chi connectivity index (χ2v) is 10.8. The molecule has 1 unspecified atom stereocenters. The van der Waals surface area contributed by atoms with E-state index < -0.39 is 17.9 Å². The maximum atomic E-state index is 12.7. The molecule has 1 atom stereocenters. The molecule has 2 amide bonds. The second-order valence-electron chi connectivity index (χ2n) is 10.8. The molecule has 0 aromatic carbocycles. The van der Waals surface area contributed by atoms with Gasteiger partial charge in [0.05, 0.1) is 38.9 Å². The molecule has 1 rings (SSSR count). The van der Waals surface area contributed by atoms with Crippen LogP contribution in [-0.2, 0) is 28.6 Å². The highest BCUT2D eigenvalue weighted by Gasteiger charge is 2.34. The summed E-state index contributed by atoms with van der Waals surface area (Å²) in [5.74, 6) is -1.55. The van der Waals surface area contributed by atoms with Crippen molar-refractivity contribution in [3.63, 3.8) is 0 Å². The Bertz CT molecular complexity index is 758. The Kier molecular flexibility index (Phi) is 20.4. The Labute approximate surface area is 247 Å². The van der Waals surface area contributed by atoms with Crippen molar-refractivity contribution < 1.29 is 33.4 Å². The Hall–Kier alpha value is -2.62. The zero-order valence-corrected chi connectivity index (χ0v) is 26.1. The van der Waals surface area contributed by atoms with Gasteiger partial charge in [0, 0.05) is 19.8 Å². The minimum absolute atomic E-state index is 0.0625. The van der Waals surface area contributed by atoms with E-state index in [0.29, 0.717) is 19.8 Å². The van der Waals surface area contributed by atoms with E-state index in [1.165, 1.54) is 48.3 Å². The maximum absolute atomic E-state index is 12.7. The lowest BCUT2D eigenvalue weighted by molar-refractivity contribution is -0.153. The van der Waals surface area contributed by atoms with Crippen LogP contribution in [0.1, 0.15) is 104 Å². The Morgan fingerprint density at radius 2 is 1.20 bits per heavy atom. The highest BCUT2D eigenvalue weighted by molar-refractivity contribution is 5.78. The van der Waals surface area contributed by atoms with E-state index in [4.69, 9.17) is 14.2 Å². The third-order valence-corrected chi connectivity index (χ3v) is 7.08. The van der Waals surface area contributed by atoms with Crippen molar-refractivity contribution in [3.05, 3.63) is 12.3 Å². The molecule has 0 aliphatic carbocycles. The Balaban J connectivity index is 2.52. The summed E-state index contributed by atoms with van der Waals surface area (Å²) in [5, 5.41) is 0. The molecule has 0 saturated carbocycles. The predicted molar refractivity (Wildman–Crippen MR) is 159 cm³/mol. The lowest BCUT2D eigenvalue weighted by atomic mass is 10.1. The summed E-state index contributed by atoms with van der Waals surface area (Å²) in [4.78, 5) is 54.6. The summed E-state index contributed by atoms with van der Waals surface area (Å²) < 4.78 is 16.1. The van der Waals surface area contributed by atoms with E-state index in [0.717, 1.165) is 44.9 Å². The van der Waals surface area contributed by atoms with Gasteiger partial charge < -0.3 is 24.0 Å². The van der Waals surface area contributed by atoms with Crippen LogP contribution in [0, 0.1) is 0 Å². The Morgan fingerprint density at radius 3 is 1.63 bits per heavy atom. The molecule has 1 aliphatic heterocycles. The fraction of sp³-hybridized carbons (Fsp3) is 0.806. The van der Waals surface area contributed by atoms with Crippen LogP contribution in [0.5, 0.6) is 0 Å². The van der Waals surface area contributed by atoms with E-state index in [2.05, 4.69) is 13.8 Å². The number of ether oxygens (including phenoxy) is 3. The van der Waals surface area contributed by atoms with E-state index >= 15 is 0 Å². The molecule has 0 N–H and O–H groups in total. The average Bonchev–Trinajstić information content (AvgIpc) is 2.91. The molecule has 0 aromatic rings. The number of allylic oxidation sites excluding steroid dienone is 1. The summed E-state index contributed by atoms with van der Waals surface area (Å²) >= 11 is 0. The van der Waals surface area contributed by atoms with Gasteiger partial charge in [-0.1, -0.05) is 84.1 Å². The van der Waals surface area contributed by atoms with Crippen molar-refractivity contribution >= 4 is 23.9 Å². The highest BCUT2D eigenvalue weighted by Crippen LogP contribution is 2.19. The van der Waals surface area contributed by atoms with E-state index in [9.17, 15) is 19.2 Å². The number of urea groups is 1. The molecule has 1 saturated heterocycles. The lowest BCUT2D eigenvalue weighted by Gasteiger charge is -2.41. The molecule has 1 aliphatic rings. The molecule has 0 bridgehead atoms. The van der Waals surface area contributed by atoms with Gasteiger partial charge in [0.1, 0.15) is 6.61 Å². The van der Waals surface area contributed by atoms with Crippen LogP contribution in [0.3, 0.4) is 0 Å². The van der Waals surface area contributed by atoms with Gasteiger partial charge in [0.15, 0.2) is 0 Å². The number of amides is 2. The van der Waals surface area contributed by atoms with Crippen LogP contribution in [0.2, 0.25) is 0 Å². The van der Waals surface area contributed by atoms with Crippen LogP contribution in [0.25, 0.3) is 0 Å². The number of carbonyl (C=O) groups excluding carboxylic acids is 4. The summed E-state index contributed by atoms with van der Waals surface area (Å²) in [6.07, 6.45) is 17.1. The second kappa shape index (κ2) is 23.0. The van der Waals surface area contributed by atoms with E-state index in [1.807, 2.05) is 6.92 Å². The fourth-order valence-corrected chi connectivity index (χ4v) is 4.53. The molecule has 10 nitrogen and oxygen atoms in total. The zero-order chi connectivity index (χ0) is 30.3. The zero-order valence-electron chi connectivity index (χ0n) is 26.1. The van der Waals surface area contributed by atoms with Gasteiger partial charge >= 0.3 is 23.9 Å². The van der Waals surface area contributed by atoms with Crippen molar-refractivity contribution in [1.82, 2.24) is 14.7 Å². The molecule has 0 radical (unpaired) electrons. The summed E-state index contributed by atoms with van der Waals surface area (Å²) in [5.41, 5.74) is 0. The van der Waals surface area contributed by atoms with Gasteiger partial charge in [-0.15, -0.1) is 0 Å². The summed E-state index contributed by atoms with van der Waals surface area (Å²) in [6.45, 7) is 6.80. The topological polar surface area (TPSA) is 106 Å². The molecule has 0 aromatic heterocycles. The standard InChI is InChI=1S/C31H55N3O7/c1-5-8-10-12-14-16-21-39-28(35)23-33(24-29(36)40-22-17-15-13-11-9-6-2)25-30(37)41-26-27-18-20-34(27)31(38)32(4)19-7-3/h7,19,27H,5-6,8-18,20-26H2,1-4H3/b19-7-. The van der Waals surface area contributed by atoms with Crippen LogP contribution >= 0.6 is 0 Å². The first kappa shape index (κ1) is 36.4. The molecule has 236 valence electrons. The first-order valence-corrected chi connectivity index (χ1v) is 15.7. The maximum Gasteiger partial charge on any atom is 0.324 e. The molecular formula is C31H55N3O7. The Morgan fingerprint density at radius 1 is 0.732 bits per heavy atom. The fourth-order valence-electron chi connectivity index (χ4n) is 4.53. The number of carbonyl (C=O) groups is 4. The number of esters is 3. The minimum atomic E-state index is -0.571. The van der Waals surface area contributed by atoms with Crippen molar-refractivity contribution in [2.45, 2.75) is 110 Å². The van der Waals surface area contributed by atoms with Crippen LogP contribution in [-0.4, -0.2) is 97.7 Å². The van der Waals surface area contributed by atoms with E-state index in [-0.39, 0.29) is 38.3 Å². The number of rotatable bonds is 23. The monoisotopic (exact) mass is 581 g/mol. The lowest BCUT2D eigenvalue weighted by Crippen LogP contribution is -2.56. The van der Waals surface area contributed by atoms with Crippen molar-refractivity contribution in [1.29, 1.82) is 0 Å². The van der Waals surface area contributed by atoms with Crippen LogP contribution in [0.15, 0.2) is 12.3 Å². The van der Waals surface area contributed by atoms with Gasteiger partial charge in [-0.25, -0.2) is 4.79 Å². The van der Waals surface area contributed by atoms with Crippen molar-refractivity contribution in [2.75, 3.05) is 53.0 Å². The highest BCUT2D eigenvalue weighted by atomic mass is 16.5. The average molecular weight is 582 g/mol. The van der Waals surface area contributed by atoms with Crippen LogP contribution < -0.4 is 0 Å². The largest absolute Gasteiger partial charge is 0.465 e. The molecule has 41 heavy (non-hydrogen) atoms. The van der Waals surface area contributed by atoms with E-state index in [1.54, 1.807) is 24.2 Å². The molecule has 1 heterocycles. The smallest absolute Gasteiger partial charge is 0.324 e. The molecular weight excluding hydrogens is 526 g/mol. The molecule has 10 heteroatoms. The van der Waals surface area contributed by atoms with Gasteiger partial charge in [0.25, 0.3) is 0 Å². The number of nitrogens with zero attached hydrogens (tertiary/aromatic N) is 3.